The molecule has 0 aliphatic rings. The number of benzene rings is 1. The summed E-state index contributed by atoms with van der Waals surface area (Å²) in [5, 5.41) is 5.14. The molecule has 1 aromatic carbocycles. The van der Waals surface area contributed by atoms with Crippen LogP contribution in [0.25, 0.3) is 0 Å². The summed E-state index contributed by atoms with van der Waals surface area (Å²) in [6.07, 6.45) is -0.177. The van der Waals surface area contributed by atoms with Crippen LogP contribution in [0, 0.1) is 6.92 Å². The van der Waals surface area contributed by atoms with E-state index >= 15 is 0 Å². The van der Waals surface area contributed by atoms with Gasteiger partial charge < -0.3 is 15.4 Å². The third-order valence-corrected chi connectivity index (χ3v) is 2.46. The molecule has 0 fully saturated rings. The van der Waals surface area contributed by atoms with Gasteiger partial charge in [-0.3, -0.25) is 4.79 Å². The summed E-state index contributed by atoms with van der Waals surface area (Å²) in [4.78, 5) is 22.7. The van der Waals surface area contributed by atoms with Crippen LogP contribution in [0.3, 0.4) is 0 Å². The average Bonchev–Trinajstić information content (AvgIpc) is 2.34. The van der Waals surface area contributed by atoms with Crippen molar-refractivity contribution in [1.82, 2.24) is 10.6 Å². The second-order valence-electron chi connectivity index (χ2n) is 4.50. The van der Waals surface area contributed by atoms with Crippen molar-refractivity contribution in [3.8, 4) is 0 Å². The van der Waals surface area contributed by atoms with E-state index in [1.807, 2.05) is 31.2 Å². The molecule has 0 aromatic heterocycles. The normalized spacial score (nSPS) is 10.1. The second kappa shape index (κ2) is 7.41. The van der Waals surface area contributed by atoms with E-state index < -0.39 is 5.97 Å². The van der Waals surface area contributed by atoms with Crippen LogP contribution < -0.4 is 10.6 Å². The number of esters is 1. The molecule has 1 aromatic rings. The van der Waals surface area contributed by atoms with Crippen LogP contribution >= 0.6 is 0 Å². The van der Waals surface area contributed by atoms with Gasteiger partial charge in [0.15, 0.2) is 0 Å². The van der Waals surface area contributed by atoms with Gasteiger partial charge in [-0.2, -0.15) is 0 Å². The van der Waals surface area contributed by atoms with Crippen LogP contribution in [0.5, 0.6) is 0 Å². The minimum atomic E-state index is -0.443. The minimum Gasteiger partial charge on any atom is -0.462 e. The Balaban J connectivity index is 2.29. The zero-order valence-electron chi connectivity index (χ0n) is 11.5. The highest BCUT2D eigenvalue weighted by molar-refractivity contribution is 5.80. The molecule has 0 spiro atoms. The molecule has 0 aliphatic heterocycles. The fourth-order valence-corrected chi connectivity index (χ4v) is 1.50. The number of urea groups is 1. The Morgan fingerprint density at radius 1 is 1.21 bits per heavy atom. The topological polar surface area (TPSA) is 67.4 Å². The number of rotatable bonds is 5. The summed E-state index contributed by atoms with van der Waals surface area (Å²) in [5.41, 5.74) is 2.16. The molecule has 0 aliphatic carbocycles. The Morgan fingerprint density at radius 2 is 1.89 bits per heavy atom. The van der Waals surface area contributed by atoms with E-state index in [2.05, 4.69) is 10.6 Å². The van der Waals surface area contributed by atoms with Crippen molar-refractivity contribution in [3.63, 3.8) is 0 Å². The summed E-state index contributed by atoms with van der Waals surface area (Å²) >= 11 is 0. The summed E-state index contributed by atoms with van der Waals surface area (Å²) in [7, 11) is 0. The predicted octanol–water partition coefficient (Wildman–Crippen LogP) is 1.75. The van der Waals surface area contributed by atoms with Gasteiger partial charge in [0, 0.05) is 6.54 Å². The van der Waals surface area contributed by atoms with E-state index in [9.17, 15) is 9.59 Å². The van der Waals surface area contributed by atoms with Gasteiger partial charge in [-0.05, 0) is 31.9 Å². The van der Waals surface area contributed by atoms with Crippen LogP contribution in [0.2, 0.25) is 0 Å². The molecule has 2 amide bonds. The summed E-state index contributed by atoms with van der Waals surface area (Å²) in [6.45, 7) is 5.80. The lowest BCUT2D eigenvalue weighted by atomic mass is 10.1. The van der Waals surface area contributed by atoms with Crippen LogP contribution in [0.1, 0.15) is 25.0 Å². The number of nitrogens with one attached hydrogen (secondary N) is 2. The Morgan fingerprint density at radius 3 is 2.53 bits per heavy atom. The molecular formula is C14H20N2O3. The number of carbonyl (C=O) groups is 2. The second-order valence-corrected chi connectivity index (χ2v) is 4.50. The Kier molecular flexibility index (Phi) is 5.85. The number of aryl methyl sites for hydroxylation is 1. The molecule has 0 saturated carbocycles. The molecule has 104 valence electrons. The molecule has 0 radical (unpaired) electrons. The summed E-state index contributed by atoms with van der Waals surface area (Å²) in [6, 6.07) is 7.41. The molecule has 5 heteroatoms. The van der Waals surface area contributed by atoms with E-state index in [-0.39, 0.29) is 18.7 Å². The highest BCUT2D eigenvalue weighted by Crippen LogP contribution is 2.05. The maximum absolute atomic E-state index is 11.5. The molecule has 0 unspecified atom stereocenters. The van der Waals surface area contributed by atoms with E-state index in [0.717, 1.165) is 11.1 Å². The van der Waals surface area contributed by atoms with E-state index in [1.165, 1.54) is 0 Å². The quantitative estimate of drug-likeness (QED) is 0.796. The number of hydrogen-bond donors (Lipinski definition) is 2. The zero-order chi connectivity index (χ0) is 14.3. The predicted molar refractivity (Wildman–Crippen MR) is 72.6 cm³/mol. The fourth-order valence-electron chi connectivity index (χ4n) is 1.50. The van der Waals surface area contributed by atoms with Crippen molar-refractivity contribution in [2.24, 2.45) is 0 Å². The van der Waals surface area contributed by atoms with Gasteiger partial charge in [0.05, 0.1) is 6.10 Å². The van der Waals surface area contributed by atoms with Gasteiger partial charge in [0.25, 0.3) is 0 Å². The van der Waals surface area contributed by atoms with Crippen LogP contribution in [0.15, 0.2) is 24.3 Å². The SMILES string of the molecule is Cc1ccccc1CNC(=O)NCC(=O)OC(C)C. The lowest BCUT2D eigenvalue weighted by molar-refractivity contribution is -0.146. The van der Waals surface area contributed by atoms with Gasteiger partial charge in [-0.25, -0.2) is 4.79 Å². The Bertz CT molecular complexity index is 444. The lowest BCUT2D eigenvalue weighted by Gasteiger charge is -2.10. The largest absolute Gasteiger partial charge is 0.462 e. The van der Waals surface area contributed by atoms with Gasteiger partial charge in [0.1, 0.15) is 6.54 Å². The highest BCUT2D eigenvalue weighted by Gasteiger charge is 2.08. The molecular weight excluding hydrogens is 244 g/mol. The zero-order valence-corrected chi connectivity index (χ0v) is 11.5. The van der Waals surface area contributed by atoms with Crippen molar-refractivity contribution in [1.29, 1.82) is 0 Å². The number of carbonyl (C=O) groups excluding carboxylic acids is 2. The lowest BCUT2D eigenvalue weighted by Crippen LogP contribution is -2.39. The smallest absolute Gasteiger partial charge is 0.325 e. The molecule has 0 atom stereocenters. The minimum absolute atomic E-state index is 0.127. The highest BCUT2D eigenvalue weighted by atomic mass is 16.5. The van der Waals surface area contributed by atoms with Crippen LogP contribution in [-0.4, -0.2) is 24.6 Å². The Labute approximate surface area is 113 Å². The number of amides is 2. The van der Waals surface area contributed by atoms with E-state index in [4.69, 9.17) is 4.74 Å². The average molecular weight is 264 g/mol. The Hall–Kier alpha value is -2.04. The van der Waals surface area contributed by atoms with Crippen molar-refractivity contribution >= 4 is 12.0 Å². The van der Waals surface area contributed by atoms with Gasteiger partial charge in [-0.15, -0.1) is 0 Å². The van der Waals surface area contributed by atoms with Crippen molar-refractivity contribution in [3.05, 3.63) is 35.4 Å². The third kappa shape index (κ3) is 5.90. The van der Waals surface area contributed by atoms with Gasteiger partial charge in [-0.1, -0.05) is 24.3 Å². The monoisotopic (exact) mass is 264 g/mol. The van der Waals surface area contributed by atoms with Crippen LogP contribution in [0.4, 0.5) is 4.79 Å². The number of ether oxygens (including phenoxy) is 1. The van der Waals surface area contributed by atoms with E-state index in [0.29, 0.717) is 6.54 Å². The summed E-state index contributed by atoms with van der Waals surface area (Å²) < 4.78 is 4.90. The first-order valence-corrected chi connectivity index (χ1v) is 6.24. The first-order chi connectivity index (χ1) is 8.99. The van der Waals surface area contributed by atoms with Gasteiger partial charge >= 0.3 is 12.0 Å². The van der Waals surface area contributed by atoms with Crippen molar-refractivity contribution in [2.45, 2.75) is 33.4 Å². The molecule has 2 N–H and O–H groups in total. The first-order valence-electron chi connectivity index (χ1n) is 6.24. The maximum Gasteiger partial charge on any atom is 0.325 e. The molecule has 0 saturated heterocycles. The van der Waals surface area contributed by atoms with Crippen molar-refractivity contribution < 1.29 is 14.3 Å². The molecule has 1 rings (SSSR count). The maximum atomic E-state index is 11.5. The molecule has 0 bridgehead atoms. The standard InChI is InChI=1S/C14H20N2O3/c1-10(2)19-13(17)9-16-14(18)15-8-12-7-5-4-6-11(12)3/h4-7,10H,8-9H2,1-3H3,(H2,15,16,18). The molecule has 0 heterocycles. The van der Waals surface area contributed by atoms with Gasteiger partial charge in [0.2, 0.25) is 0 Å². The van der Waals surface area contributed by atoms with Crippen molar-refractivity contribution in [2.75, 3.05) is 6.54 Å². The van der Waals surface area contributed by atoms with E-state index in [1.54, 1.807) is 13.8 Å². The third-order valence-electron chi connectivity index (χ3n) is 2.46. The summed E-state index contributed by atoms with van der Waals surface area (Å²) in [5.74, 6) is -0.443. The number of hydrogen-bond acceptors (Lipinski definition) is 3. The fraction of sp³-hybridized carbons (Fsp3) is 0.429. The first kappa shape index (κ1) is 15.0. The van der Waals surface area contributed by atoms with Crippen LogP contribution in [-0.2, 0) is 16.1 Å². The molecule has 19 heavy (non-hydrogen) atoms. The molecule has 5 nitrogen and oxygen atoms in total.